The molecule has 1 fully saturated rings. The van der Waals surface area contributed by atoms with Gasteiger partial charge in [-0.15, -0.1) is 0 Å². The highest BCUT2D eigenvalue weighted by Crippen LogP contribution is 1.96. The minimum absolute atomic E-state index is 0.0856. The van der Waals surface area contributed by atoms with E-state index in [1.807, 2.05) is 0 Å². The Hall–Kier alpha value is -1.26. The largest absolute Gasteiger partial charge is 0.465 e. The first-order valence-corrected chi connectivity index (χ1v) is 2.95. The van der Waals surface area contributed by atoms with Gasteiger partial charge < -0.3 is 10.4 Å². The van der Waals surface area contributed by atoms with Gasteiger partial charge in [-0.3, -0.25) is 9.69 Å². The maximum absolute atomic E-state index is 10.5. The molecule has 0 aromatic rings. The summed E-state index contributed by atoms with van der Waals surface area (Å²) in [6, 6.07) is 0. The summed E-state index contributed by atoms with van der Waals surface area (Å²) in [6.07, 6.45) is -0.716. The molecular formula is C5H8N2O3. The molecule has 56 valence electrons. The van der Waals surface area contributed by atoms with Gasteiger partial charge in [0, 0.05) is 13.0 Å². The lowest BCUT2D eigenvalue weighted by Crippen LogP contribution is -2.47. The van der Waals surface area contributed by atoms with E-state index in [4.69, 9.17) is 5.11 Å². The van der Waals surface area contributed by atoms with Crippen molar-refractivity contribution in [1.82, 2.24) is 10.2 Å². The molecule has 10 heavy (non-hydrogen) atoms. The van der Waals surface area contributed by atoms with Crippen molar-refractivity contribution < 1.29 is 14.7 Å². The third-order valence-electron chi connectivity index (χ3n) is 1.35. The van der Waals surface area contributed by atoms with Crippen LogP contribution in [0.2, 0.25) is 0 Å². The second-order valence-electron chi connectivity index (χ2n) is 2.05. The van der Waals surface area contributed by atoms with Gasteiger partial charge in [-0.05, 0) is 0 Å². The Bertz CT molecular complexity index is 158. The number of nitrogens with one attached hydrogen (secondary N) is 1. The van der Waals surface area contributed by atoms with Gasteiger partial charge in [0.05, 0.1) is 6.67 Å². The summed E-state index contributed by atoms with van der Waals surface area (Å²) in [7, 11) is 0. The molecule has 0 unspecified atom stereocenters. The molecule has 1 aliphatic heterocycles. The SMILES string of the molecule is O=C1CCN(C(=O)O)CN1. The molecule has 1 aliphatic rings. The van der Waals surface area contributed by atoms with E-state index in [-0.39, 0.29) is 19.0 Å². The monoisotopic (exact) mass is 144 g/mol. The number of carbonyl (C=O) groups excluding carboxylic acids is 1. The summed E-state index contributed by atoms with van der Waals surface area (Å²) in [5.74, 6) is -0.0856. The van der Waals surface area contributed by atoms with Gasteiger partial charge in [0.15, 0.2) is 0 Å². The van der Waals surface area contributed by atoms with E-state index in [0.717, 1.165) is 4.90 Å². The molecule has 0 spiro atoms. The Morgan fingerprint density at radius 3 is 2.80 bits per heavy atom. The predicted octanol–water partition coefficient (Wildman–Crippen LogP) is -0.556. The van der Waals surface area contributed by atoms with Gasteiger partial charge in [0.2, 0.25) is 5.91 Å². The number of amides is 2. The molecule has 2 amide bonds. The van der Waals surface area contributed by atoms with Gasteiger partial charge in [0.1, 0.15) is 0 Å². The molecule has 0 aromatic heterocycles. The van der Waals surface area contributed by atoms with E-state index in [0.29, 0.717) is 6.54 Å². The number of carboxylic acid groups (broad SMARTS) is 1. The third kappa shape index (κ3) is 1.37. The average Bonchev–Trinajstić information content (AvgIpc) is 1.88. The molecule has 0 aromatic carbocycles. The minimum Gasteiger partial charge on any atom is -0.465 e. The Morgan fingerprint density at radius 1 is 1.70 bits per heavy atom. The topological polar surface area (TPSA) is 69.6 Å². The fourth-order valence-corrected chi connectivity index (χ4v) is 0.751. The molecule has 1 rings (SSSR count). The number of rotatable bonds is 0. The van der Waals surface area contributed by atoms with Crippen molar-refractivity contribution >= 4 is 12.0 Å². The molecule has 5 nitrogen and oxygen atoms in total. The van der Waals surface area contributed by atoms with Crippen molar-refractivity contribution in [3.63, 3.8) is 0 Å². The van der Waals surface area contributed by atoms with E-state index in [1.165, 1.54) is 0 Å². The highest BCUT2D eigenvalue weighted by atomic mass is 16.4. The standard InChI is InChI=1S/C5H8N2O3/c8-4-1-2-7(3-6-4)5(9)10/h1-3H2,(H,6,8)(H,9,10). The van der Waals surface area contributed by atoms with Crippen LogP contribution in [-0.4, -0.2) is 35.2 Å². The van der Waals surface area contributed by atoms with Crippen LogP contribution in [0.3, 0.4) is 0 Å². The lowest BCUT2D eigenvalue weighted by molar-refractivity contribution is -0.123. The molecular weight excluding hydrogens is 136 g/mol. The van der Waals surface area contributed by atoms with Gasteiger partial charge in [-0.25, -0.2) is 4.79 Å². The molecule has 0 radical (unpaired) electrons. The molecule has 0 aliphatic carbocycles. The summed E-state index contributed by atoms with van der Waals surface area (Å²) < 4.78 is 0. The zero-order valence-electron chi connectivity index (χ0n) is 5.33. The molecule has 2 N–H and O–H groups in total. The normalized spacial score (nSPS) is 18.4. The molecule has 1 heterocycles. The van der Waals surface area contributed by atoms with Crippen molar-refractivity contribution in [3.05, 3.63) is 0 Å². The van der Waals surface area contributed by atoms with Crippen molar-refractivity contribution in [2.75, 3.05) is 13.2 Å². The van der Waals surface area contributed by atoms with Crippen molar-refractivity contribution in [1.29, 1.82) is 0 Å². The van der Waals surface area contributed by atoms with E-state index in [1.54, 1.807) is 0 Å². The number of nitrogens with zero attached hydrogens (tertiary/aromatic N) is 1. The van der Waals surface area contributed by atoms with Crippen LogP contribution in [-0.2, 0) is 4.79 Å². The fourth-order valence-electron chi connectivity index (χ4n) is 0.751. The molecule has 1 saturated heterocycles. The van der Waals surface area contributed by atoms with Crippen LogP contribution in [0.4, 0.5) is 4.79 Å². The molecule has 0 saturated carbocycles. The highest BCUT2D eigenvalue weighted by Gasteiger charge is 2.18. The van der Waals surface area contributed by atoms with Crippen LogP contribution in [0.5, 0.6) is 0 Å². The molecule has 0 atom stereocenters. The predicted molar refractivity (Wildman–Crippen MR) is 32.4 cm³/mol. The van der Waals surface area contributed by atoms with E-state index >= 15 is 0 Å². The zero-order chi connectivity index (χ0) is 7.56. The summed E-state index contributed by atoms with van der Waals surface area (Å²) >= 11 is 0. The summed E-state index contributed by atoms with van der Waals surface area (Å²) in [5, 5.41) is 10.8. The van der Waals surface area contributed by atoms with E-state index in [9.17, 15) is 9.59 Å². The first-order chi connectivity index (χ1) is 4.70. The first-order valence-electron chi connectivity index (χ1n) is 2.95. The maximum Gasteiger partial charge on any atom is 0.408 e. The second-order valence-corrected chi connectivity index (χ2v) is 2.05. The van der Waals surface area contributed by atoms with E-state index in [2.05, 4.69) is 5.32 Å². The first kappa shape index (κ1) is 6.85. The highest BCUT2D eigenvalue weighted by molar-refractivity contribution is 5.78. The lowest BCUT2D eigenvalue weighted by atomic mass is 10.3. The van der Waals surface area contributed by atoms with Crippen LogP contribution in [0.25, 0.3) is 0 Å². The van der Waals surface area contributed by atoms with Crippen LogP contribution in [0, 0.1) is 0 Å². The number of carbonyl (C=O) groups is 2. The smallest absolute Gasteiger partial charge is 0.408 e. The van der Waals surface area contributed by atoms with Gasteiger partial charge in [-0.2, -0.15) is 0 Å². The number of hydrogen-bond acceptors (Lipinski definition) is 2. The lowest BCUT2D eigenvalue weighted by Gasteiger charge is -2.23. The molecule has 5 heteroatoms. The Balaban J connectivity index is 2.40. The van der Waals surface area contributed by atoms with Crippen molar-refractivity contribution in [2.24, 2.45) is 0 Å². The number of hydrogen-bond donors (Lipinski definition) is 2. The molecule has 0 bridgehead atoms. The fraction of sp³-hybridized carbons (Fsp3) is 0.600. The third-order valence-corrected chi connectivity index (χ3v) is 1.35. The maximum atomic E-state index is 10.5. The Labute approximate surface area is 57.6 Å². The van der Waals surface area contributed by atoms with E-state index < -0.39 is 6.09 Å². The van der Waals surface area contributed by atoms with Gasteiger partial charge in [-0.1, -0.05) is 0 Å². The summed E-state index contributed by atoms with van der Waals surface area (Å²) in [5.41, 5.74) is 0. The average molecular weight is 144 g/mol. The van der Waals surface area contributed by atoms with Crippen LogP contribution in [0.15, 0.2) is 0 Å². The zero-order valence-corrected chi connectivity index (χ0v) is 5.33. The Morgan fingerprint density at radius 2 is 2.40 bits per heavy atom. The quantitative estimate of drug-likeness (QED) is 0.479. The summed E-state index contributed by atoms with van der Waals surface area (Å²) in [6.45, 7) is 0.426. The second kappa shape index (κ2) is 2.55. The summed E-state index contributed by atoms with van der Waals surface area (Å²) in [4.78, 5) is 21.9. The van der Waals surface area contributed by atoms with Gasteiger partial charge >= 0.3 is 6.09 Å². The van der Waals surface area contributed by atoms with Crippen LogP contribution >= 0.6 is 0 Å². The van der Waals surface area contributed by atoms with Crippen molar-refractivity contribution in [3.8, 4) is 0 Å². The van der Waals surface area contributed by atoms with Gasteiger partial charge in [0.25, 0.3) is 0 Å². The van der Waals surface area contributed by atoms with Crippen LogP contribution < -0.4 is 5.32 Å². The Kier molecular flexibility index (Phi) is 1.75. The van der Waals surface area contributed by atoms with Crippen molar-refractivity contribution in [2.45, 2.75) is 6.42 Å². The minimum atomic E-state index is -0.986. The van der Waals surface area contributed by atoms with Crippen LogP contribution in [0.1, 0.15) is 6.42 Å².